The first-order valence-corrected chi connectivity index (χ1v) is 9.78. The van der Waals surface area contributed by atoms with Crippen molar-refractivity contribution in [3.8, 4) is 0 Å². The summed E-state index contributed by atoms with van der Waals surface area (Å²) in [4.78, 5) is 0. The molecule has 1 fully saturated rings. The number of rotatable bonds is 8. The van der Waals surface area contributed by atoms with Crippen molar-refractivity contribution in [3.05, 3.63) is 84.4 Å². The summed E-state index contributed by atoms with van der Waals surface area (Å²) in [5.74, 6) is 0.849. The highest BCUT2D eigenvalue weighted by Gasteiger charge is 2.32. The molecule has 0 spiro atoms. The third-order valence-electron chi connectivity index (χ3n) is 5.73. The minimum Gasteiger partial charge on any atom is -0.315 e. The predicted octanol–water partition coefficient (Wildman–Crippen LogP) is 5.72. The van der Waals surface area contributed by atoms with E-state index in [2.05, 4.69) is 78.6 Å². The van der Waals surface area contributed by atoms with Gasteiger partial charge in [-0.05, 0) is 42.9 Å². The summed E-state index contributed by atoms with van der Waals surface area (Å²) in [6.45, 7) is 6.17. The molecule has 132 valence electrons. The number of hydrogen-bond acceptors (Lipinski definition) is 1. The number of nitrogens with one attached hydrogen (secondary N) is 1. The van der Waals surface area contributed by atoms with E-state index in [0.29, 0.717) is 0 Å². The molecular formula is C24H31N. The Kier molecular flexibility index (Phi) is 6.47. The van der Waals surface area contributed by atoms with Crippen LogP contribution in [0.5, 0.6) is 0 Å². The lowest BCUT2D eigenvalue weighted by atomic mass is 9.72. The Hall–Kier alpha value is -1.86. The monoisotopic (exact) mass is 333 g/mol. The zero-order valence-corrected chi connectivity index (χ0v) is 15.3. The largest absolute Gasteiger partial charge is 0.315 e. The lowest BCUT2D eigenvalue weighted by Crippen LogP contribution is -2.41. The summed E-state index contributed by atoms with van der Waals surface area (Å²) < 4.78 is 0. The van der Waals surface area contributed by atoms with Crippen LogP contribution in [0.25, 0.3) is 0 Å². The molecule has 1 saturated carbocycles. The predicted molar refractivity (Wildman–Crippen MR) is 108 cm³/mol. The van der Waals surface area contributed by atoms with Crippen molar-refractivity contribution < 1.29 is 0 Å². The van der Waals surface area contributed by atoms with Gasteiger partial charge in [0.15, 0.2) is 0 Å². The van der Waals surface area contributed by atoms with Crippen LogP contribution in [0.1, 0.15) is 49.7 Å². The fraction of sp³-hybridized carbons (Fsp3) is 0.417. The van der Waals surface area contributed by atoms with Gasteiger partial charge in [-0.25, -0.2) is 0 Å². The van der Waals surface area contributed by atoms with Gasteiger partial charge in [-0.2, -0.15) is 0 Å². The maximum atomic E-state index is 4.07. The molecule has 0 unspecified atom stereocenters. The molecule has 2 aromatic carbocycles. The minimum atomic E-state index is -0.0427. The molecule has 2 aromatic rings. The van der Waals surface area contributed by atoms with Crippen molar-refractivity contribution in [2.24, 2.45) is 5.92 Å². The van der Waals surface area contributed by atoms with Crippen LogP contribution in [-0.4, -0.2) is 13.1 Å². The second-order valence-electron chi connectivity index (χ2n) is 7.44. The molecule has 0 aromatic heterocycles. The smallest absolute Gasteiger partial charge is 0.0361 e. The van der Waals surface area contributed by atoms with Gasteiger partial charge in [0.25, 0.3) is 0 Å². The second-order valence-corrected chi connectivity index (χ2v) is 7.44. The van der Waals surface area contributed by atoms with Gasteiger partial charge >= 0.3 is 0 Å². The molecule has 0 aliphatic heterocycles. The topological polar surface area (TPSA) is 12.0 Å². The van der Waals surface area contributed by atoms with Crippen LogP contribution in [0, 0.1) is 5.92 Å². The Morgan fingerprint density at radius 2 is 1.44 bits per heavy atom. The lowest BCUT2D eigenvalue weighted by Gasteiger charge is -2.35. The highest BCUT2D eigenvalue weighted by molar-refractivity contribution is 5.40. The quantitative estimate of drug-likeness (QED) is 0.609. The van der Waals surface area contributed by atoms with E-state index in [-0.39, 0.29) is 5.41 Å². The van der Waals surface area contributed by atoms with Crippen LogP contribution in [0.3, 0.4) is 0 Å². The highest BCUT2D eigenvalue weighted by atomic mass is 14.9. The van der Waals surface area contributed by atoms with Crippen LogP contribution in [-0.2, 0) is 5.41 Å². The number of allylic oxidation sites excluding steroid dienone is 1. The highest BCUT2D eigenvalue weighted by Crippen LogP contribution is 2.36. The van der Waals surface area contributed by atoms with E-state index < -0.39 is 0 Å². The third-order valence-corrected chi connectivity index (χ3v) is 5.73. The Balaban J connectivity index is 1.83. The van der Waals surface area contributed by atoms with Gasteiger partial charge in [0, 0.05) is 12.0 Å². The first kappa shape index (κ1) is 17.9. The Morgan fingerprint density at radius 1 is 0.880 bits per heavy atom. The van der Waals surface area contributed by atoms with Gasteiger partial charge in [0.05, 0.1) is 0 Å². The number of benzene rings is 2. The standard InChI is InChI=1S/C24H31N/c1-2-18-24(22-14-8-4-9-15-22,23-16-10-5-11-17-23)20-25-19-21-12-6-3-7-13-21/h2,4-5,8-11,14-17,21,25H,1,3,6-7,12-13,18-20H2. The minimum absolute atomic E-state index is 0.0427. The summed E-state index contributed by atoms with van der Waals surface area (Å²) >= 11 is 0. The van der Waals surface area contributed by atoms with Crippen molar-refractivity contribution in [2.45, 2.75) is 43.9 Å². The zero-order valence-electron chi connectivity index (χ0n) is 15.3. The molecule has 1 N–H and O–H groups in total. The third kappa shape index (κ3) is 4.41. The molecule has 25 heavy (non-hydrogen) atoms. The molecule has 0 bridgehead atoms. The van der Waals surface area contributed by atoms with E-state index in [1.54, 1.807) is 0 Å². The van der Waals surface area contributed by atoms with Crippen LogP contribution in [0.4, 0.5) is 0 Å². The summed E-state index contributed by atoms with van der Waals surface area (Å²) in [6.07, 6.45) is 10.0. The molecule has 1 nitrogen and oxygen atoms in total. The Morgan fingerprint density at radius 3 is 1.96 bits per heavy atom. The summed E-state index contributed by atoms with van der Waals surface area (Å²) in [5.41, 5.74) is 2.70. The van der Waals surface area contributed by atoms with Crippen LogP contribution in [0.15, 0.2) is 73.3 Å². The Labute approximate surface area is 153 Å². The normalized spacial score (nSPS) is 15.8. The van der Waals surface area contributed by atoms with Crippen LogP contribution < -0.4 is 5.32 Å². The molecule has 1 aliphatic rings. The van der Waals surface area contributed by atoms with Gasteiger partial charge in [0.1, 0.15) is 0 Å². The van der Waals surface area contributed by atoms with E-state index in [1.807, 2.05) is 0 Å². The van der Waals surface area contributed by atoms with E-state index >= 15 is 0 Å². The second kappa shape index (κ2) is 9.01. The molecule has 0 radical (unpaired) electrons. The molecular weight excluding hydrogens is 302 g/mol. The molecule has 1 aliphatic carbocycles. The van der Waals surface area contributed by atoms with Gasteiger partial charge in [0.2, 0.25) is 0 Å². The SMILES string of the molecule is C=CCC(CNCC1CCCCC1)(c1ccccc1)c1ccccc1. The summed E-state index contributed by atoms with van der Waals surface area (Å²) in [5, 5.41) is 3.83. The van der Waals surface area contributed by atoms with Crippen molar-refractivity contribution in [1.29, 1.82) is 0 Å². The first-order chi connectivity index (χ1) is 12.3. The molecule has 0 heterocycles. The molecule has 0 atom stereocenters. The maximum Gasteiger partial charge on any atom is 0.0361 e. The van der Waals surface area contributed by atoms with E-state index in [0.717, 1.165) is 25.4 Å². The van der Waals surface area contributed by atoms with Crippen molar-refractivity contribution in [3.63, 3.8) is 0 Å². The van der Waals surface area contributed by atoms with Gasteiger partial charge in [-0.1, -0.05) is 86.0 Å². The fourth-order valence-electron chi connectivity index (χ4n) is 4.32. The molecule has 0 saturated heterocycles. The van der Waals surface area contributed by atoms with Gasteiger partial charge in [-0.3, -0.25) is 0 Å². The van der Waals surface area contributed by atoms with Crippen molar-refractivity contribution in [1.82, 2.24) is 5.32 Å². The fourth-order valence-corrected chi connectivity index (χ4v) is 4.32. The number of hydrogen-bond donors (Lipinski definition) is 1. The first-order valence-electron chi connectivity index (χ1n) is 9.78. The van der Waals surface area contributed by atoms with Crippen molar-refractivity contribution in [2.75, 3.05) is 13.1 Å². The maximum absolute atomic E-state index is 4.07. The van der Waals surface area contributed by atoms with Crippen LogP contribution >= 0.6 is 0 Å². The van der Waals surface area contributed by atoms with Gasteiger partial charge < -0.3 is 5.32 Å². The summed E-state index contributed by atoms with van der Waals surface area (Å²) in [6, 6.07) is 21.9. The van der Waals surface area contributed by atoms with E-state index in [9.17, 15) is 0 Å². The zero-order chi connectivity index (χ0) is 17.4. The average molecular weight is 334 g/mol. The Bertz CT molecular complexity index is 586. The summed E-state index contributed by atoms with van der Waals surface area (Å²) in [7, 11) is 0. The van der Waals surface area contributed by atoms with E-state index in [4.69, 9.17) is 0 Å². The molecule has 1 heteroatoms. The average Bonchev–Trinajstić information content (AvgIpc) is 2.69. The van der Waals surface area contributed by atoms with Crippen LogP contribution in [0.2, 0.25) is 0 Å². The van der Waals surface area contributed by atoms with Crippen molar-refractivity contribution >= 4 is 0 Å². The van der Waals surface area contributed by atoms with E-state index in [1.165, 1.54) is 43.2 Å². The molecule has 3 rings (SSSR count). The van der Waals surface area contributed by atoms with Gasteiger partial charge in [-0.15, -0.1) is 6.58 Å². The lowest BCUT2D eigenvalue weighted by molar-refractivity contribution is 0.330. The molecule has 0 amide bonds.